The second kappa shape index (κ2) is 7.14. The van der Waals surface area contributed by atoms with Crippen molar-refractivity contribution in [3.63, 3.8) is 0 Å². The van der Waals surface area contributed by atoms with E-state index in [2.05, 4.69) is 21.2 Å². The molecule has 27 heavy (non-hydrogen) atoms. The summed E-state index contributed by atoms with van der Waals surface area (Å²) < 4.78 is 11.7. The molecular weight excluding hydrogens is 430 g/mol. The van der Waals surface area contributed by atoms with Crippen LogP contribution in [-0.4, -0.2) is 31.5 Å². The quantitative estimate of drug-likeness (QED) is 0.631. The maximum atomic E-state index is 13.1. The highest BCUT2D eigenvalue weighted by atomic mass is 79.9. The van der Waals surface area contributed by atoms with E-state index in [0.29, 0.717) is 29.9 Å². The van der Waals surface area contributed by atoms with Crippen LogP contribution < -0.4 is 14.8 Å². The first kappa shape index (κ1) is 19.4. The predicted molar refractivity (Wildman–Crippen MR) is 110 cm³/mol. The number of hydrogen-bond acceptors (Lipinski definition) is 3. The number of benzene rings is 1. The van der Waals surface area contributed by atoms with Crippen LogP contribution in [0.25, 0.3) is 0 Å². The third kappa shape index (κ3) is 3.57. The van der Waals surface area contributed by atoms with Crippen molar-refractivity contribution in [2.24, 2.45) is 17.3 Å². The number of carbonyl (C=O) groups is 1. The number of methoxy groups -OCH3 is 2. The Morgan fingerprint density at radius 2 is 1.81 bits per heavy atom. The highest BCUT2D eigenvalue weighted by Gasteiger charge is 2.59. The Labute approximate surface area is 174 Å². The number of hydrogen-bond donors (Lipinski definition) is 1. The van der Waals surface area contributed by atoms with Gasteiger partial charge in [-0.15, -0.1) is 11.6 Å². The zero-order chi connectivity index (χ0) is 19.2. The molecule has 2 atom stereocenters. The summed E-state index contributed by atoms with van der Waals surface area (Å²) in [4.78, 5) is 13.0. The lowest BCUT2D eigenvalue weighted by molar-refractivity contribution is -0.144. The zero-order valence-electron chi connectivity index (χ0n) is 15.9. The van der Waals surface area contributed by atoms with Crippen molar-refractivity contribution in [2.75, 3.05) is 20.8 Å². The van der Waals surface area contributed by atoms with Gasteiger partial charge >= 0.3 is 0 Å². The Hall–Kier alpha value is -0.940. The van der Waals surface area contributed by atoms with Crippen molar-refractivity contribution in [2.45, 2.75) is 49.8 Å². The molecule has 0 heterocycles. The molecule has 1 amide bonds. The molecule has 4 fully saturated rings. The summed E-state index contributed by atoms with van der Waals surface area (Å²) in [5, 5.41) is 3.21. The second-order valence-corrected chi connectivity index (χ2v) is 10.4. The number of rotatable bonds is 6. The molecule has 4 aliphatic carbocycles. The Morgan fingerprint density at radius 3 is 2.41 bits per heavy atom. The summed E-state index contributed by atoms with van der Waals surface area (Å²) in [6.07, 6.45) is 7.08. The van der Waals surface area contributed by atoms with Crippen molar-refractivity contribution < 1.29 is 14.3 Å². The Kier molecular flexibility index (Phi) is 5.13. The minimum atomic E-state index is -0.235. The number of nitrogens with one attached hydrogen (secondary N) is 1. The van der Waals surface area contributed by atoms with Gasteiger partial charge in [0.25, 0.3) is 0 Å². The first-order valence-electron chi connectivity index (χ1n) is 9.74. The van der Waals surface area contributed by atoms with E-state index in [0.717, 1.165) is 48.6 Å². The van der Waals surface area contributed by atoms with Gasteiger partial charge in [-0.3, -0.25) is 4.79 Å². The van der Waals surface area contributed by atoms with Crippen LogP contribution in [0.15, 0.2) is 16.6 Å². The highest BCUT2D eigenvalue weighted by molar-refractivity contribution is 9.10. The van der Waals surface area contributed by atoms with Crippen LogP contribution in [0.5, 0.6) is 11.5 Å². The van der Waals surface area contributed by atoms with E-state index in [1.165, 1.54) is 6.42 Å². The Balaban J connectivity index is 1.41. The van der Waals surface area contributed by atoms with E-state index in [1.54, 1.807) is 14.2 Å². The number of amides is 1. The molecule has 0 aromatic heterocycles. The largest absolute Gasteiger partial charge is 0.493 e. The molecule has 0 radical (unpaired) electrons. The summed E-state index contributed by atoms with van der Waals surface area (Å²) in [6.45, 7) is 0.610. The van der Waals surface area contributed by atoms with Gasteiger partial charge in [0, 0.05) is 15.9 Å². The third-order valence-corrected chi connectivity index (χ3v) is 7.88. The number of alkyl halides is 1. The van der Waals surface area contributed by atoms with Crippen LogP contribution in [0.4, 0.5) is 0 Å². The molecule has 0 saturated heterocycles. The lowest BCUT2D eigenvalue weighted by atomic mass is 9.49. The Bertz CT molecular complexity index is 739. The molecule has 5 rings (SSSR count). The van der Waals surface area contributed by atoms with E-state index in [9.17, 15) is 4.79 Å². The van der Waals surface area contributed by atoms with E-state index in [4.69, 9.17) is 21.1 Å². The number of halogens is 2. The molecule has 1 aromatic carbocycles. The second-order valence-electron chi connectivity index (χ2n) is 8.70. The summed E-state index contributed by atoms with van der Waals surface area (Å²) in [7, 11) is 3.26. The van der Waals surface area contributed by atoms with Crippen molar-refractivity contribution in [3.05, 3.63) is 22.2 Å². The van der Waals surface area contributed by atoms with Crippen LogP contribution in [0.1, 0.15) is 44.1 Å². The molecule has 148 valence electrons. The van der Waals surface area contributed by atoms with Crippen LogP contribution in [0.3, 0.4) is 0 Å². The topological polar surface area (TPSA) is 47.6 Å². The van der Waals surface area contributed by atoms with E-state index in [1.807, 2.05) is 12.1 Å². The first-order valence-corrected chi connectivity index (χ1v) is 10.9. The van der Waals surface area contributed by atoms with Crippen molar-refractivity contribution in [3.8, 4) is 11.5 Å². The van der Waals surface area contributed by atoms with Gasteiger partial charge in [-0.2, -0.15) is 0 Å². The smallest absolute Gasteiger partial charge is 0.226 e. The van der Waals surface area contributed by atoms with Crippen LogP contribution in [-0.2, 0) is 11.2 Å². The van der Waals surface area contributed by atoms with Crippen molar-refractivity contribution in [1.82, 2.24) is 5.32 Å². The SMILES string of the molecule is COc1cc(Br)c(CCNC(=O)C23C[C@H]4C[C@@H](CC(Cl)(C4)C2)C3)cc1OC. The van der Waals surface area contributed by atoms with E-state index >= 15 is 0 Å². The highest BCUT2D eigenvalue weighted by Crippen LogP contribution is 2.63. The number of carbonyl (C=O) groups excluding carboxylic acids is 1. The molecule has 4 saturated carbocycles. The van der Waals surface area contributed by atoms with Gasteiger partial charge in [-0.1, -0.05) is 15.9 Å². The molecule has 6 heteroatoms. The predicted octanol–water partition coefficient (Wildman–Crippen LogP) is 4.70. The van der Waals surface area contributed by atoms with E-state index in [-0.39, 0.29) is 16.2 Å². The van der Waals surface area contributed by atoms with Crippen LogP contribution in [0.2, 0.25) is 0 Å². The zero-order valence-corrected chi connectivity index (χ0v) is 18.3. The fourth-order valence-electron chi connectivity index (χ4n) is 6.00. The van der Waals surface area contributed by atoms with E-state index < -0.39 is 0 Å². The van der Waals surface area contributed by atoms with Gasteiger partial charge in [-0.05, 0) is 74.5 Å². The van der Waals surface area contributed by atoms with Gasteiger partial charge in [0.15, 0.2) is 11.5 Å². The molecule has 1 aromatic rings. The summed E-state index contributed by atoms with van der Waals surface area (Å²) in [5.41, 5.74) is 0.855. The number of ether oxygens (including phenoxy) is 2. The van der Waals surface area contributed by atoms with Gasteiger partial charge in [0.1, 0.15) is 0 Å². The van der Waals surface area contributed by atoms with Gasteiger partial charge in [-0.25, -0.2) is 0 Å². The standard InChI is InChI=1S/C21H27BrClNO3/c1-26-17-6-15(16(22)7-18(17)27-2)3-4-24-19(25)20-8-13-5-14(9-20)11-21(23,10-13)12-20/h6-7,13-14H,3-5,8-12H2,1-2H3,(H,24,25)/t13-,14-,20?,21?/m1/s1. The average molecular weight is 457 g/mol. The molecule has 0 aliphatic heterocycles. The van der Waals surface area contributed by atoms with Crippen molar-refractivity contribution in [1.29, 1.82) is 0 Å². The Morgan fingerprint density at radius 1 is 1.19 bits per heavy atom. The minimum Gasteiger partial charge on any atom is -0.493 e. The third-order valence-electron chi connectivity index (χ3n) is 6.70. The maximum Gasteiger partial charge on any atom is 0.226 e. The molecule has 0 spiro atoms. The average Bonchev–Trinajstić information content (AvgIpc) is 2.60. The molecule has 4 bridgehead atoms. The lowest BCUT2D eigenvalue weighted by Gasteiger charge is -2.59. The summed E-state index contributed by atoms with van der Waals surface area (Å²) >= 11 is 10.5. The molecule has 1 N–H and O–H groups in total. The molecule has 0 unspecified atom stereocenters. The summed E-state index contributed by atoms with van der Waals surface area (Å²) in [6, 6.07) is 3.87. The van der Waals surface area contributed by atoms with Crippen molar-refractivity contribution >= 4 is 33.4 Å². The minimum absolute atomic E-state index is 0.131. The van der Waals surface area contributed by atoms with Crippen LogP contribution in [0, 0.1) is 17.3 Å². The fourth-order valence-corrected chi connectivity index (χ4v) is 7.22. The monoisotopic (exact) mass is 455 g/mol. The fraction of sp³-hybridized carbons (Fsp3) is 0.667. The lowest BCUT2D eigenvalue weighted by Crippen LogP contribution is -2.58. The van der Waals surface area contributed by atoms with Gasteiger partial charge < -0.3 is 14.8 Å². The molecule has 4 nitrogen and oxygen atoms in total. The maximum absolute atomic E-state index is 13.1. The summed E-state index contributed by atoms with van der Waals surface area (Å²) in [5.74, 6) is 2.87. The van der Waals surface area contributed by atoms with Gasteiger partial charge in [0.2, 0.25) is 5.91 Å². The molecular formula is C21H27BrClNO3. The normalized spacial score (nSPS) is 33.8. The van der Waals surface area contributed by atoms with Gasteiger partial charge in [0.05, 0.1) is 19.6 Å². The van der Waals surface area contributed by atoms with Crippen LogP contribution >= 0.6 is 27.5 Å². The molecule has 4 aliphatic rings. The first-order chi connectivity index (χ1) is 12.9.